The van der Waals surface area contributed by atoms with E-state index in [9.17, 15) is 9.18 Å². The maximum atomic E-state index is 13.3. The molecule has 0 radical (unpaired) electrons. The Morgan fingerprint density at radius 1 is 1.67 bits per heavy atom. The van der Waals surface area contributed by atoms with Crippen LogP contribution in [0.15, 0.2) is 18.2 Å². The summed E-state index contributed by atoms with van der Waals surface area (Å²) in [6.45, 7) is 0. The Morgan fingerprint density at radius 2 is 2.33 bits per heavy atom. The molecule has 0 spiro atoms. The lowest BCUT2D eigenvalue weighted by molar-refractivity contribution is -0.141. The molecule has 0 saturated carbocycles. The lowest BCUT2D eigenvalue weighted by Crippen LogP contribution is -2.17. The fourth-order valence-corrected chi connectivity index (χ4v) is 1.19. The Labute approximate surface area is 86.5 Å². The van der Waals surface area contributed by atoms with Gasteiger partial charge in [0.05, 0.1) is 13.5 Å². The van der Waals surface area contributed by atoms with E-state index in [0.29, 0.717) is 0 Å². The van der Waals surface area contributed by atoms with Crippen molar-refractivity contribution in [2.75, 3.05) is 7.11 Å². The molecule has 82 valence electrons. The van der Waals surface area contributed by atoms with Crippen molar-refractivity contribution in [3.8, 4) is 5.75 Å². The minimum Gasteiger partial charge on any atom is -0.508 e. The lowest BCUT2D eigenvalue weighted by atomic mass is 10.0. The molecular weight excluding hydrogens is 201 g/mol. The van der Waals surface area contributed by atoms with Crippen molar-refractivity contribution in [3.63, 3.8) is 0 Å². The summed E-state index contributed by atoms with van der Waals surface area (Å²) in [7, 11) is 1.24. The van der Waals surface area contributed by atoms with Crippen molar-refractivity contribution in [1.29, 1.82) is 0 Å². The molecule has 0 aliphatic rings. The molecule has 1 unspecified atom stereocenters. The topological polar surface area (TPSA) is 72.5 Å². The SMILES string of the molecule is COC(=O)CC(N)c1ccc(O)cc1F. The first-order chi connectivity index (χ1) is 7.04. The minimum absolute atomic E-state index is 0.0990. The number of phenols is 1. The zero-order chi connectivity index (χ0) is 11.4. The van der Waals surface area contributed by atoms with Gasteiger partial charge in [-0.1, -0.05) is 6.07 Å². The van der Waals surface area contributed by atoms with Crippen LogP contribution in [-0.4, -0.2) is 18.2 Å². The van der Waals surface area contributed by atoms with Gasteiger partial charge < -0.3 is 15.6 Å². The molecule has 4 nitrogen and oxygen atoms in total. The summed E-state index contributed by atoms with van der Waals surface area (Å²) < 4.78 is 17.7. The molecule has 5 heteroatoms. The van der Waals surface area contributed by atoms with Crippen molar-refractivity contribution in [2.24, 2.45) is 5.73 Å². The van der Waals surface area contributed by atoms with E-state index < -0.39 is 17.8 Å². The van der Waals surface area contributed by atoms with E-state index in [1.165, 1.54) is 19.2 Å². The van der Waals surface area contributed by atoms with E-state index >= 15 is 0 Å². The van der Waals surface area contributed by atoms with Gasteiger partial charge >= 0.3 is 5.97 Å². The average molecular weight is 213 g/mol. The van der Waals surface area contributed by atoms with Gasteiger partial charge in [0.1, 0.15) is 11.6 Å². The summed E-state index contributed by atoms with van der Waals surface area (Å²) in [5.74, 6) is -1.32. The zero-order valence-corrected chi connectivity index (χ0v) is 8.24. The molecular formula is C10H12FNO3. The van der Waals surface area contributed by atoms with E-state index in [-0.39, 0.29) is 17.7 Å². The molecule has 1 aromatic rings. The summed E-state index contributed by atoms with van der Waals surface area (Å²) >= 11 is 0. The van der Waals surface area contributed by atoms with Crippen LogP contribution < -0.4 is 5.73 Å². The highest BCUT2D eigenvalue weighted by molar-refractivity contribution is 5.70. The molecule has 0 saturated heterocycles. The quantitative estimate of drug-likeness (QED) is 0.737. The van der Waals surface area contributed by atoms with Crippen LogP contribution >= 0.6 is 0 Å². The summed E-state index contributed by atoms with van der Waals surface area (Å²) in [4.78, 5) is 10.9. The van der Waals surface area contributed by atoms with E-state index in [4.69, 9.17) is 10.8 Å². The summed E-state index contributed by atoms with van der Waals surface area (Å²) in [5.41, 5.74) is 5.78. The summed E-state index contributed by atoms with van der Waals surface area (Å²) in [5, 5.41) is 8.97. The Bertz CT molecular complexity index is 368. The normalized spacial score (nSPS) is 12.2. The van der Waals surface area contributed by atoms with Gasteiger partial charge in [-0.25, -0.2) is 4.39 Å². The highest BCUT2D eigenvalue weighted by Crippen LogP contribution is 2.21. The number of nitrogens with two attached hydrogens (primary N) is 1. The van der Waals surface area contributed by atoms with Gasteiger partial charge in [0, 0.05) is 17.7 Å². The number of esters is 1. The maximum absolute atomic E-state index is 13.3. The predicted octanol–water partition coefficient (Wildman–Crippen LogP) is 1.09. The monoisotopic (exact) mass is 213 g/mol. The molecule has 1 rings (SSSR count). The van der Waals surface area contributed by atoms with Gasteiger partial charge in [0.2, 0.25) is 0 Å². The van der Waals surface area contributed by atoms with Gasteiger partial charge in [-0.3, -0.25) is 4.79 Å². The molecule has 0 fully saturated rings. The standard InChI is InChI=1S/C10H12FNO3/c1-15-10(14)5-9(12)7-3-2-6(13)4-8(7)11/h2-4,9,13H,5,12H2,1H3. The van der Waals surface area contributed by atoms with Gasteiger partial charge in [-0.05, 0) is 6.07 Å². The fourth-order valence-electron chi connectivity index (χ4n) is 1.19. The van der Waals surface area contributed by atoms with Gasteiger partial charge in [0.25, 0.3) is 0 Å². The molecule has 0 heterocycles. The van der Waals surface area contributed by atoms with Crippen LogP contribution in [0.5, 0.6) is 5.75 Å². The number of aromatic hydroxyl groups is 1. The first-order valence-corrected chi connectivity index (χ1v) is 4.35. The highest BCUT2D eigenvalue weighted by Gasteiger charge is 2.15. The van der Waals surface area contributed by atoms with E-state index in [0.717, 1.165) is 6.07 Å². The molecule has 0 aliphatic carbocycles. The third-order valence-corrected chi connectivity index (χ3v) is 2.00. The van der Waals surface area contributed by atoms with Crippen LogP contribution in [-0.2, 0) is 9.53 Å². The first kappa shape index (κ1) is 11.5. The number of hydrogen-bond acceptors (Lipinski definition) is 4. The van der Waals surface area contributed by atoms with Crippen LogP contribution in [0.4, 0.5) is 4.39 Å². The Kier molecular flexibility index (Phi) is 3.62. The fraction of sp³-hybridized carbons (Fsp3) is 0.300. The number of hydrogen-bond donors (Lipinski definition) is 2. The summed E-state index contributed by atoms with van der Waals surface area (Å²) in [6.07, 6.45) is -0.0990. The third kappa shape index (κ3) is 2.92. The van der Waals surface area contributed by atoms with E-state index in [2.05, 4.69) is 4.74 Å². The van der Waals surface area contributed by atoms with Crippen LogP contribution in [0.1, 0.15) is 18.0 Å². The van der Waals surface area contributed by atoms with Crippen LogP contribution in [0.2, 0.25) is 0 Å². The van der Waals surface area contributed by atoms with Gasteiger partial charge in [-0.15, -0.1) is 0 Å². The van der Waals surface area contributed by atoms with Crippen molar-refractivity contribution in [1.82, 2.24) is 0 Å². The Balaban J connectivity index is 2.82. The number of rotatable bonds is 3. The second-order valence-electron chi connectivity index (χ2n) is 3.09. The maximum Gasteiger partial charge on any atom is 0.307 e. The molecule has 15 heavy (non-hydrogen) atoms. The number of phenolic OH excluding ortho intramolecular Hbond substituents is 1. The smallest absolute Gasteiger partial charge is 0.307 e. The third-order valence-electron chi connectivity index (χ3n) is 2.00. The van der Waals surface area contributed by atoms with Crippen LogP contribution in [0.25, 0.3) is 0 Å². The second kappa shape index (κ2) is 4.75. The largest absolute Gasteiger partial charge is 0.508 e. The number of carbonyl (C=O) groups excluding carboxylic acids is 1. The molecule has 1 aromatic carbocycles. The number of benzene rings is 1. The van der Waals surface area contributed by atoms with Crippen molar-refractivity contribution >= 4 is 5.97 Å². The highest BCUT2D eigenvalue weighted by atomic mass is 19.1. The lowest BCUT2D eigenvalue weighted by Gasteiger charge is -2.11. The van der Waals surface area contributed by atoms with Crippen LogP contribution in [0.3, 0.4) is 0 Å². The van der Waals surface area contributed by atoms with Crippen LogP contribution in [0, 0.1) is 5.82 Å². The number of carbonyl (C=O) groups is 1. The van der Waals surface area contributed by atoms with Gasteiger partial charge in [-0.2, -0.15) is 0 Å². The number of methoxy groups -OCH3 is 1. The molecule has 3 N–H and O–H groups in total. The first-order valence-electron chi connectivity index (χ1n) is 4.35. The zero-order valence-electron chi connectivity index (χ0n) is 8.24. The Hall–Kier alpha value is -1.62. The van der Waals surface area contributed by atoms with E-state index in [1.807, 2.05) is 0 Å². The number of halogens is 1. The van der Waals surface area contributed by atoms with Crippen molar-refractivity contribution in [3.05, 3.63) is 29.6 Å². The molecule has 0 aliphatic heterocycles. The summed E-state index contributed by atoms with van der Waals surface area (Å²) in [6, 6.07) is 2.85. The predicted molar refractivity (Wildman–Crippen MR) is 51.6 cm³/mol. The van der Waals surface area contributed by atoms with Gasteiger partial charge in [0.15, 0.2) is 0 Å². The van der Waals surface area contributed by atoms with Crippen molar-refractivity contribution in [2.45, 2.75) is 12.5 Å². The van der Waals surface area contributed by atoms with Crippen molar-refractivity contribution < 1.29 is 19.0 Å². The van der Waals surface area contributed by atoms with E-state index in [1.54, 1.807) is 0 Å². The molecule has 1 atom stereocenters. The Morgan fingerprint density at radius 3 is 2.87 bits per heavy atom. The molecule has 0 bridgehead atoms. The second-order valence-corrected chi connectivity index (χ2v) is 3.09. The average Bonchev–Trinajstić information content (AvgIpc) is 2.17. The molecule has 0 amide bonds. The molecule has 0 aromatic heterocycles. The minimum atomic E-state index is -0.766. The number of ether oxygens (including phenoxy) is 1.